The highest BCUT2D eigenvalue weighted by Crippen LogP contribution is 2.29. The fourth-order valence-electron chi connectivity index (χ4n) is 1.49. The quantitative estimate of drug-likeness (QED) is 0.746. The molecule has 0 heterocycles. The van der Waals surface area contributed by atoms with Crippen LogP contribution in [0.1, 0.15) is 19.8 Å². The van der Waals surface area contributed by atoms with E-state index >= 15 is 0 Å². The highest BCUT2D eigenvalue weighted by Gasteiger charge is 2.20. The highest BCUT2D eigenvalue weighted by atomic mass is 14.9. The van der Waals surface area contributed by atoms with E-state index in [9.17, 15) is 0 Å². The summed E-state index contributed by atoms with van der Waals surface area (Å²) in [6, 6.07) is 8.53. The summed E-state index contributed by atoms with van der Waals surface area (Å²) in [4.78, 5) is 0. The molecule has 76 valence electrons. The van der Waals surface area contributed by atoms with Crippen molar-refractivity contribution in [2.45, 2.75) is 19.8 Å². The van der Waals surface area contributed by atoms with Crippen LogP contribution in [0.2, 0.25) is 0 Å². The lowest BCUT2D eigenvalue weighted by Crippen LogP contribution is -2.03. The second-order valence-corrected chi connectivity index (χ2v) is 3.93. The molecule has 0 bridgehead atoms. The standard InChI is InChI=1S/C12H18N2/c1-2-13-11-5-7-12(8-6-11)14-9-10-3-4-10/h5-8,10,13-14H,2-4,9H2,1H3. The largest absolute Gasteiger partial charge is 0.385 e. The Balaban J connectivity index is 1.84. The molecule has 1 aliphatic rings. The third-order valence-electron chi connectivity index (χ3n) is 2.56. The zero-order valence-electron chi connectivity index (χ0n) is 8.72. The molecule has 0 radical (unpaired) electrons. The summed E-state index contributed by atoms with van der Waals surface area (Å²) in [5.74, 6) is 0.934. The second kappa shape index (κ2) is 4.36. The molecule has 0 saturated heterocycles. The molecule has 0 aliphatic heterocycles. The molecule has 0 aromatic heterocycles. The van der Waals surface area contributed by atoms with Gasteiger partial charge in [-0.3, -0.25) is 0 Å². The maximum absolute atomic E-state index is 3.45. The number of anilines is 2. The van der Waals surface area contributed by atoms with E-state index in [0.29, 0.717) is 0 Å². The zero-order chi connectivity index (χ0) is 9.80. The maximum Gasteiger partial charge on any atom is 0.0341 e. The van der Waals surface area contributed by atoms with Crippen LogP contribution in [0.3, 0.4) is 0 Å². The SMILES string of the molecule is CCNc1ccc(NCC2CC2)cc1. The molecule has 14 heavy (non-hydrogen) atoms. The lowest BCUT2D eigenvalue weighted by Gasteiger charge is -2.07. The number of hydrogen-bond acceptors (Lipinski definition) is 2. The number of hydrogen-bond donors (Lipinski definition) is 2. The second-order valence-electron chi connectivity index (χ2n) is 3.93. The molecular weight excluding hydrogens is 172 g/mol. The van der Waals surface area contributed by atoms with Crippen molar-refractivity contribution < 1.29 is 0 Å². The van der Waals surface area contributed by atoms with Crippen molar-refractivity contribution in [3.05, 3.63) is 24.3 Å². The molecule has 1 saturated carbocycles. The van der Waals surface area contributed by atoms with E-state index in [2.05, 4.69) is 41.8 Å². The Labute approximate surface area is 85.7 Å². The minimum atomic E-state index is 0.934. The summed E-state index contributed by atoms with van der Waals surface area (Å²) in [7, 11) is 0. The van der Waals surface area contributed by atoms with Crippen molar-refractivity contribution in [1.29, 1.82) is 0 Å². The molecule has 2 heteroatoms. The van der Waals surface area contributed by atoms with Gasteiger partial charge < -0.3 is 10.6 Å². The van der Waals surface area contributed by atoms with Crippen LogP contribution in [0.15, 0.2) is 24.3 Å². The maximum atomic E-state index is 3.45. The average molecular weight is 190 g/mol. The van der Waals surface area contributed by atoms with Gasteiger partial charge >= 0.3 is 0 Å². The van der Waals surface area contributed by atoms with E-state index < -0.39 is 0 Å². The van der Waals surface area contributed by atoms with Gasteiger partial charge in [-0.2, -0.15) is 0 Å². The van der Waals surface area contributed by atoms with Crippen LogP contribution in [0.5, 0.6) is 0 Å². The first-order valence-electron chi connectivity index (χ1n) is 5.46. The van der Waals surface area contributed by atoms with Gasteiger partial charge in [0.05, 0.1) is 0 Å². The van der Waals surface area contributed by atoms with Crippen molar-refractivity contribution in [3.8, 4) is 0 Å². The van der Waals surface area contributed by atoms with Crippen molar-refractivity contribution in [3.63, 3.8) is 0 Å². The van der Waals surface area contributed by atoms with Crippen molar-refractivity contribution in [1.82, 2.24) is 0 Å². The van der Waals surface area contributed by atoms with E-state index in [4.69, 9.17) is 0 Å². The van der Waals surface area contributed by atoms with Crippen LogP contribution in [-0.2, 0) is 0 Å². The molecule has 2 nitrogen and oxygen atoms in total. The molecule has 1 fully saturated rings. The van der Waals surface area contributed by atoms with Gasteiger partial charge in [-0.15, -0.1) is 0 Å². The summed E-state index contributed by atoms with van der Waals surface area (Å²) < 4.78 is 0. The summed E-state index contributed by atoms with van der Waals surface area (Å²) in [6.45, 7) is 4.23. The van der Waals surface area contributed by atoms with Gasteiger partial charge in [-0.25, -0.2) is 0 Å². The van der Waals surface area contributed by atoms with Gasteiger partial charge in [0.2, 0.25) is 0 Å². The van der Waals surface area contributed by atoms with E-state index in [0.717, 1.165) is 19.0 Å². The van der Waals surface area contributed by atoms with E-state index in [1.807, 2.05) is 0 Å². The Bertz CT molecular complexity index is 275. The van der Waals surface area contributed by atoms with Crippen molar-refractivity contribution >= 4 is 11.4 Å². The number of nitrogens with one attached hydrogen (secondary N) is 2. The van der Waals surface area contributed by atoms with Gasteiger partial charge in [0, 0.05) is 24.5 Å². The van der Waals surface area contributed by atoms with E-state index in [1.54, 1.807) is 0 Å². The topological polar surface area (TPSA) is 24.1 Å². The average Bonchev–Trinajstić information content (AvgIpc) is 3.01. The fourth-order valence-corrected chi connectivity index (χ4v) is 1.49. The normalized spacial score (nSPS) is 15.2. The molecule has 0 amide bonds. The van der Waals surface area contributed by atoms with Crippen LogP contribution in [0, 0.1) is 5.92 Å². The summed E-state index contributed by atoms with van der Waals surface area (Å²) in [5.41, 5.74) is 2.43. The third kappa shape index (κ3) is 2.66. The predicted molar refractivity (Wildman–Crippen MR) is 61.8 cm³/mol. The Hall–Kier alpha value is -1.18. The molecule has 2 N–H and O–H groups in total. The molecular formula is C12H18N2. The molecule has 2 rings (SSSR count). The monoisotopic (exact) mass is 190 g/mol. The first-order chi connectivity index (χ1) is 6.88. The lowest BCUT2D eigenvalue weighted by atomic mass is 10.2. The summed E-state index contributed by atoms with van der Waals surface area (Å²) in [5, 5.41) is 6.73. The predicted octanol–water partition coefficient (Wildman–Crippen LogP) is 2.94. The molecule has 1 aliphatic carbocycles. The third-order valence-corrected chi connectivity index (χ3v) is 2.56. The van der Waals surface area contributed by atoms with Crippen LogP contribution >= 0.6 is 0 Å². The Morgan fingerprint density at radius 1 is 1.07 bits per heavy atom. The van der Waals surface area contributed by atoms with Crippen LogP contribution in [0.4, 0.5) is 11.4 Å². The number of benzene rings is 1. The van der Waals surface area contributed by atoms with Gasteiger partial charge in [0.1, 0.15) is 0 Å². The molecule has 0 atom stereocenters. The van der Waals surface area contributed by atoms with Gasteiger partial charge in [-0.05, 0) is 49.9 Å². The Morgan fingerprint density at radius 3 is 2.14 bits per heavy atom. The minimum absolute atomic E-state index is 0.934. The summed E-state index contributed by atoms with van der Waals surface area (Å²) >= 11 is 0. The number of rotatable bonds is 5. The van der Waals surface area contributed by atoms with E-state index in [1.165, 1.54) is 24.2 Å². The minimum Gasteiger partial charge on any atom is -0.385 e. The van der Waals surface area contributed by atoms with Crippen LogP contribution in [-0.4, -0.2) is 13.1 Å². The Kier molecular flexibility index (Phi) is 2.92. The van der Waals surface area contributed by atoms with E-state index in [-0.39, 0.29) is 0 Å². The first kappa shape index (κ1) is 9.38. The van der Waals surface area contributed by atoms with Crippen LogP contribution in [0.25, 0.3) is 0 Å². The smallest absolute Gasteiger partial charge is 0.0341 e. The van der Waals surface area contributed by atoms with Crippen molar-refractivity contribution in [2.24, 2.45) is 5.92 Å². The fraction of sp³-hybridized carbons (Fsp3) is 0.500. The lowest BCUT2D eigenvalue weighted by molar-refractivity contribution is 0.889. The molecule has 0 unspecified atom stereocenters. The van der Waals surface area contributed by atoms with Crippen molar-refractivity contribution in [2.75, 3.05) is 23.7 Å². The summed E-state index contributed by atoms with van der Waals surface area (Å²) in [6.07, 6.45) is 2.81. The van der Waals surface area contributed by atoms with Gasteiger partial charge in [0.25, 0.3) is 0 Å². The highest BCUT2D eigenvalue weighted by molar-refractivity contribution is 5.53. The first-order valence-corrected chi connectivity index (χ1v) is 5.46. The van der Waals surface area contributed by atoms with Gasteiger partial charge in [0.15, 0.2) is 0 Å². The molecule has 1 aromatic rings. The van der Waals surface area contributed by atoms with Gasteiger partial charge in [-0.1, -0.05) is 0 Å². The molecule has 1 aromatic carbocycles. The molecule has 0 spiro atoms. The van der Waals surface area contributed by atoms with Crippen LogP contribution < -0.4 is 10.6 Å². The Morgan fingerprint density at radius 2 is 1.64 bits per heavy atom. The zero-order valence-corrected chi connectivity index (χ0v) is 8.72.